The van der Waals surface area contributed by atoms with Gasteiger partial charge in [-0.25, -0.2) is 0 Å². The summed E-state index contributed by atoms with van der Waals surface area (Å²) in [6, 6.07) is 0.371. The summed E-state index contributed by atoms with van der Waals surface area (Å²) >= 11 is 0. The minimum absolute atomic E-state index is 0.0145. The van der Waals surface area contributed by atoms with Crippen LogP contribution < -0.4 is 11.1 Å². The van der Waals surface area contributed by atoms with Crippen LogP contribution in [0, 0.1) is 17.8 Å². The third-order valence-corrected chi connectivity index (χ3v) is 5.01. The zero-order valence-electron chi connectivity index (χ0n) is 12.6. The molecule has 5 atom stereocenters. The van der Waals surface area contributed by atoms with E-state index in [1.165, 1.54) is 0 Å². The number of amides is 1. The molecule has 1 saturated carbocycles. The highest BCUT2D eigenvalue weighted by Crippen LogP contribution is 2.29. The molecule has 0 aromatic heterocycles. The summed E-state index contributed by atoms with van der Waals surface area (Å²) < 4.78 is 0. The lowest BCUT2D eigenvalue weighted by Gasteiger charge is -2.38. The van der Waals surface area contributed by atoms with Crippen LogP contribution in [0.1, 0.15) is 39.5 Å². The molecule has 1 aliphatic heterocycles. The Labute approximate surface area is 117 Å². The topological polar surface area (TPSA) is 58.4 Å². The number of carbonyl (C=O) groups excluding carboxylic acids is 1. The van der Waals surface area contributed by atoms with E-state index in [9.17, 15) is 4.79 Å². The Bertz CT molecular complexity index is 311. The van der Waals surface area contributed by atoms with Crippen molar-refractivity contribution in [3.8, 4) is 0 Å². The molecule has 1 saturated heterocycles. The Morgan fingerprint density at radius 1 is 1.21 bits per heavy atom. The van der Waals surface area contributed by atoms with Crippen LogP contribution in [0.25, 0.3) is 0 Å². The number of nitrogens with one attached hydrogen (secondary N) is 1. The van der Waals surface area contributed by atoms with Crippen LogP contribution in [0.4, 0.5) is 0 Å². The summed E-state index contributed by atoms with van der Waals surface area (Å²) in [4.78, 5) is 14.8. The summed E-state index contributed by atoms with van der Waals surface area (Å²) in [6.07, 6.45) is 4.34. The van der Waals surface area contributed by atoms with Gasteiger partial charge in [-0.05, 0) is 44.7 Å². The van der Waals surface area contributed by atoms with Crippen LogP contribution in [0.2, 0.25) is 0 Å². The number of hydrogen-bond acceptors (Lipinski definition) is 3. The number of likely N-dealkylation sites (tertiary alicyclic amines) is 1. The third kappa shape index (κ3) is 3.48. The summed E-state index contributed by atoms with van der Waals surface area (Å²) in [5, 5.41) is 3.27. The van der Waals surface area contributed by atoms with Crippen molar-refractivity contribution in [1.29, 1.82) is 0 Å². The number of nitrogens with zero attached hydrogens (tertiary/aromatic N) is 1. The van der Waals surface area contributed by atoms with Gasteiger partial charge in [0.2, 0.25) is 5.91 Å². The van der Waals surface area contributed by atoms with Crippen molar-refractivity contribution < 1.29 is 4.79 Å². The maximum Gasteiger partial charge on any atom is 0.225 e. The second-order valence-electron chi connectivity index (χ2n) is 6.74. The number of rotatable bonds is 2. The van der Waals surface area contributed by atoms with Crippen molar-refractivity contribution >= 4 is 5.91 Å². The number of carbonyl (C=O) groups is 1. The van der Waals surface area contributed by atoms with Crippen LogP contribution in [-0.2, 0) is 4.79 Å². The van der Waals surface area contributed by atoms with Crippen molar-refractivity contribution in [1.82, 2.24) is 10.2 Å². The lowest BCUT2D eigenvalue weighted by Crippen LogP contribution is -2.54. The van der Waals surface area contributed by atoms with Gasteiger partial charge in [-0.1, -0.05) is 20.3 Å². The summed E-state index contributed by atoms with van der Waals surface area (Å²) in [7, 11) is 2.15. The molecule has 1 heterocycles. The Morgan fingerprint density at radius 3 is 2.58 bits per heavy atom. The largest absolute Gasteiger partial charge is 0.353 e. The summed E-state index contributed by atoms with van der Waals surface area (Å²) in [5.74, 6) is 1.16. The number of piperidine rings is 1. The molecule has 5 unspecified atom stereocenters. The number of nitrogens with two attached hydrogens (primary N) is 1. The molecule has 0 radical (unpaired) electrons. The lowest BCUT2D eigenvalue weighted by molar-refractivity contribution is -0.129. The minimum Gasteiger partial charge on any atom is -0.353 e. The molecule has 0 bridgehead atoms. The van der Waals surface area contributed by atoms with Crippen LogP contribution in [0.5, 0.6) is 0 Å². The van der Waals surface area contributed by atoms with Gasteiger partial charge in [-0.15, -0.1) is 0 Å². The molecule has 4 nitrogen and oxygen atoms in total. The highest BCUT2D eigenvalue weighted by Gasteiger charge is 2.36. The molecule has 19 heavy (non-hydrogen) atoms. The van der Waals surface area contributed by atoms with E-state index in [1.54, 1.807) is 0 Å². The van der Waals surface area contributed by atoms with E-state index >= 15 is 0 Å². The predicted molar refractivity (Wildman–Crippen MR) is 77.7 cm³/mol. The Morgan fingerprint density at radius 2 is 1.95 bits per heavy atom. The van der Waals surface area contributed by atoms with E-state index in [-0.39, 0.29) is 17.9 Å². The average molecular weight is 267 g/mol. The molecule has 0 aromatic rings. The quantitative estimate of drug-likeness (QED) is 0.790. The van der Waals surface area contributed by atoms with Gasteiger partial charge < -0.3 is 16.0 Å². The molecule has 2 aliphatic rings. The minimum atomic E-state index is 0.0145. The van der Waals surface area contributed by atoms with Gasteiger partial charge in [0.25, 0.3) is 0 Å². The van der Waals surface area contributed by atoms with E-state index in [1.807, 2.05) is 0 Å². The van der Waals surface area contributed by atoms with E-state index in [4.69, 9.17) is 5.73 Å². The van der Waals surface area contributed by atoms with Crippen LogP contribution in [-0.4, -0.2) is 43.0 Å². The second kappa shape index (κ2) is 6.23. The van der Waals surface area contributed by atoms with E-state index in [0.717, 1.165) is 38.8 Å². The molecule has 1 aliphatic carbocycles. The average Bonchev–Trinajstić information content (AvgIpc) is 2.32. The molecule has 0 spiro atoms. The highest BCUT2D eigenvalue weighted by molar-refractivity contribution is 5.80. The van der Waals surface area contributed by atoms with Gasteiger partial charge in [0, 0.05) is 18.6 Å². The monoisotopic (exact) mass is 267 g/mol. The van der Waals surface area contributed by atoms with Gasteiger partial charge in [-0.3, -0.25) is 4.79 Å². The maximum atomic E-state index is 12.5. The smallest absolute Gasteiger partial charge is 0.225 e. The first-order chi connectivity index (χ1) is 8.99. The molecule has 2 fully saturated rings. The van der Waals surface area contributed by atoms with Gasteiger partial charge in [0.05, 0.1) is 5.92 Å². The highest BCUT2D eigenvalue weighted by atomic mass is 16.2. The normalized spacial score (nSPS) is 40.9. The Kier molecular flexibility index (Phi) is 4.85. The van der Waals surface area contributed by atoms with Crippen molar-refractivity contribution in [2.75, 3.05) is 20.1 Å². The van der Waals surface area contributed by atoms with E-state index in [0.29, 0.717) is 17.9 Å². The first-order valence-corrected chi connectivity index (χ1v) is 7.73. The first-order valence-electron chi connectivity index (χ1n) is 7.73. The van der Waals surface area contributed by atoms with Crippen molar-refractivity contribution in [2.24, 2.45) is 23.5 Å². The summed E-state index contributed by atoms with van der Waals surface area (Å²) in [5.41, 5.74) is 6.16. The van der Waals surface area contributed by atoms with Gasteiger partial charge >= 0.3 is 0 Å². The van der Waals surface area contributed by atoms with E-state index < -0.39 is 0 Å². The SMILES string of the molecule is CC1CN(C)CCC1NC(=O)C1C(C)CCCC1N. The summed E-state index contributed by atoms with van der Waals surface area (Å²) in [6.45, 7) is 6.53. The molecule has 110 valence electrons. The van der Waals surface area contributed by atoms with Crippen molar-refractivity contribution in [2.45, 2.75) is 51.6 Å². The molecule has 4 heteroatoms. The first kappa shape index (κ1) is 14.8. The lowest BCUT2D eigenvalue weighted by atomic mass is 9.76. The Hall–Kier alpha value is -0.610. The molecule has 3 N–H and O–H groups in total. The molecule has 0 aromatic carbocycles. The predicted octanol–water partition coefficient (Wildman–Crippen LogP) is 1.21. The van der Waals surface area contributed by atoms with Crippen molar-refractivity contribution in [3.05, 3.63) is 0 Å². The van der Waals surface area contributed by atoms with Gasteiger partial charge in [0.15, 0.2) is 0 Å². The second-order valence-corrected chi connectivity index (χ2v) is 6.74. The molecule has 1 amide bonds. The Balaban J connectivity index is 1.92. The standard InChI is InChI=1S/C15H29N3O/c1-10-5-4-6-12(16)14(10)15(19)17-13-7-8-18(3)9-11(13)2/h10-14H,4-9,16H2,1-3H3,(H,17,19). The fourth-order valence-corrected chi connectivity index (χ4v) is 3.76. The van der Waals surface area contributed by atoms with Gasteiger partial charge in [0.1, 0.15) is 0 Å². The fraction of sp³-hybridized carbons (Fsp3) is 0.933. The third-order valence-electron chi connectivity index (χ3n) is 5.01. The van der Waals surface area contributed by atoms with Crippen LogP contribution >= 0.6 is 0 Å². The fourth-order valence-electron chi connectivity index (χ4n) is 3.76. The molecule has 2 rings (SSSR count). The molecular weight excluding hydrogens is 238 g/mol. The van der Waals surface area contributed by atoms with Crippen LogP contribution in [0.3, 0.4) is 0 Å². The van der Waals surface area contributed by atoms with E-state index in [2.05, 4.69) is 31.1 Å². The zero-order chi connectivity index (χ0) is 14.0. The molecular formula is C15H29N3O. The van der Waals surface area contributed by atoms with Crippen LogP contribution in [0.15, 0.2) is 0 Å². The van der Waals surface area contributed by atoms with Gasteiger partial charge in [-0.2, -0.15) is 0 Å². The van der Waals surface area contributed by atoms with Crippen molar-refractivity contribution in [3.63, 3.8) is 0 Å². The maximum absolute atomic E-state index is 12.5. The zero-order valence-corrected chi connectivity index (χ0v) is 12.6. The number of hydrogen-bond donors (Lipinski definition) is 2.